The van der Waals surface area contributed by atoms with Crippen molar-refractivity contribution < 1.29 is 33.3 Å². The Morgan fingerprint density at radius 1 is 1.30 bits per heavy atom. The zero-order valence-corrected chi connectivity index (χ0v) is 16.7. The third-order valence-electron chi connectivity index (χ3n) is 4.03. The maximum Gasteiger partial charge on any atom is 0.309 e. The summed E-state index contributed by atoms with van der Waals surface area (Å²) in [6.07, 6.45) is -1.71. The largest absolute Gasteiger partial charge is 0.465 e. The van der Waals surface area contributed by atoms with Crippen molar-refractivity contribution in [3.63, 3.8) is 0 Å². The fraction of sp³-hybridized carbons (Fsp3) is 0.471. The second-order valence-corrected chi connectivity index (χ2v) is 6.55. The number of imidazole rings is 1. The van der Waals surface area contributed by atoms with E-state index in [2.05, 4.69) is 15.0 Å². The SMILES string of the molecule is CC(=O)OCCC(=O)O[C@@H]1CO[C@@H](n2cnc3c(Cl)nc(C#N)nc32)[C@@H]1OC(C)=O. The van der Waals surface area contributed by atoms with Crippen LogP contribution in [0.5, 0.6) is 0 Å². The first-order valence-corrected chi connectivity index (χ1v) is 9.09. The number of hydrogen-bond acceptors (Lipinski definition) is 11. The van der Waals surface area contributed by atoms with Gasteiger partial charge in [0, 0.05) is 13.8 Å². The first kappa shape index (κ1) is 21.4. The molecule has 3 heterocycles. The molecule has 0 N–H and O–H groups in total. The molecule has 1 saturated heterocycles. The van der Waals surface area contributed by atoms with Gasteiger partial charge in [-0.1, -0.05) is 11.6 Å². The molecule has 0 radical (unpaired) electrons. The van der Waals surface area contributed by atoms with Gasteiger partial charge in [0.1, 0.15) is 18.2 Å². The Bertz CT molecular complexity index is 1030. The molecule has 0 bridgehead atoms. The number of ether oxygens (including phenoxy) is 4. The summed E-state index contributed by atoms with van der Waals surface area (Å²) in [6, 6.07) is 1.79. The average molecular weight is 438 g/mol. The molecular formula is C17H16ClN5O7. The third-order valence-corrected chi connectivity index (χ3v) is 4.29. The van der Waals surface area contributed by atoms with Crippen LogP contribution < -0.4 is 0 Å². The maximum absolute atomic E-state index is 12.0. The highest BCUT2D eigenvalue weighted by molar-refractivity contribution is 6.33. The van der Waals surface area contributed by atoms with Crippen molar-refractivity contribution in [2.45, 2.75) is 38.7 Å². The predicted octanol–water partition coefficient (Wildman–Crippen LogP) is 0.677. The molecule has 0 saturated carbocycles. The summed E-state index contributed by atoms with van der Waals surface area (Å²) in [5.74, 6) is -1.97. The van der Waals surface area contributed by atoms with Crippen molar-refractivity contribution in [1.82, 2.24) is 19.5 Å². The summed E-state index contributed by atoms with van der Waals surface area (Å²) >= 11 is 6.04. The number of carbonyl (C=O) groups excluding carboxylic acids is 3. The van der Waals surface area contributed by atoms with E-state index >= 15 is 0 Å². The van der Waals surface area contributed by atoms with Gasteiger partial charge in [-0.15, -0.1) is 0 Å². The van der Waals surface area contributed by atoms with Gasteiger partial charge in [-0.05, 0) is 0 Å². The van der Waals surface area contributed by atoms with E-state index in [0.29, 0.717) is 0 Å². The zero-order chi connectivity index (χ0) is 21.8. The lowest BCUT2D eigenvalue weighted by Crippen LogP contribution is -2.36. The highest BCUT2D eigenvalue weighted by Crippen LogP contribution is 2.32. The number of hydrogen-bond donors (Lipinski definition) is 0. The van der Waals surface area contributed by atoms with Gasteiger partial charge in [-0.25, -0.2) is 9.97 Å². The minimum absolute atomic E-state index is 0.0224. The van der Waals surface area contributed by atoms with Crippen LogP contribution in [-0.4, -0.2) is 62.8 Å². The molecular weight excluding hydrogens is 422 g/mol. The van der Waals surface area contributed by atoms with Crippen LogP contribution >= 0.6 is 11.6 Å². The van der Waals surface area contributed by atoms with Crippen LogP contribution in [-0.2, 0) is 33.3 Å². The molecule has 0 aliphatic carbocycles. The van der Waals surface area contributed by atoms with E-state index in [1.165, 1.54) is 24.7 Å². The maximum atomic E-state index is 12.0. The summed E-state index contributed by atoms with van der Waals surface area (Å²) in [7, 11) is 0. The number of aromatic nitrogens is 4. The molecule has 3 atom stereocenters. The summed E-state index contributed by atoms with van der Waals surface area (Å²) in [5, 5.41) is 9.06. The Balaban J connectivity index is 1.83. The van der Waals surface area contributed by atoms with E-state index in [1.54, 1.807) is 6.07 Å². The van der Waals surface area contributed by atoms with Gasteiger partial charge in [-0.2, -0.15) is 10.2 Å². The first-order valence-electron chi connectivity index (χ1n) is 8.72. The zero-order valence-electron chi connectivity index (χ0n) is 15.9. The van der Waals surface area contributed by atoms with Crippen LogP contribution in [0.4, 0.5) is 0 Å². The Kier molecular flexibility index (Phi) is 6.43. The first-order chi connectivity index (χ1) is 14.3. The molecule has 3 rings (SSSR count). The summed E-state index contributed by atoms with van der Waals surface area (Å²) in [5.41, 5.74) is 0.415. The Morgan fingerprint density at radius 3 is 2.73 bits per heavy atom. The van der Waals surface area contributed by atoms with E-state index < -0.39 is 36.3 Å². The number of nitrogens with zero attached hydrogens (tertiary/aromatic N) is 5. The molecule has 1 aliphatic rings. The normalized spacial score (nSPS) is 20.5. The van der Waals surface area contributed by atoms with E-state index in [4.69, 9.17) is 35.8 Å². The number of nitriles is 1. The van der Waals surface area contributed by atoms with E-state index in [0.717, 1.165) is 0 Å². The van der Waals surface area contributed by atoms with Crippen molar-refractivity contribution in [3.05, 3.63) is 17.3 Å². The lowest BCUT2D eigenvalue weighted by Gasteiger charge is -2.23. The molecule has 0 amide bonds. The van der Waals surface area contributed by atoms with Crippen LogP contribution in [0.2, 0.25) is 5.15 Å². The second-order valence-electron chi connectivity index (χ2n) is 6.19. The third kappa shape index (κ3) is 4.64. The van der Waals surface area contributed by atoms with Crippen molar-refractivity contribution in [1.29, 1.82) is 5.26 Å². The quantitative estimate of drug-likeness (QED) is 0.355. The summed E-state index contributed by atoms with van der Waals surface area (Å²) in [4.78, 5) is 46.5. The monoisotopic (exact) mass is 437 g/mol. The number of rotatable bonds is 6. The van der Waals surface area contributed by atoms with Crippen LogP contribution in [0.25, 0.3) is 11.2 Å². The highest BCUT2D eigenvalue weighted by Gasteiger charge is 2.44. The van der Waals surface area contributed by atoms with E-state index in [9.17, 15) is 14.4 Å². The smallest absolute Gasteiger partial charge is 0.309 e. The number of halogens is 1. The van der Waals surface area contributed by atoms with Gasteiger partial charge < -0.3 is 18.9 Å². The molecule has 12 nitrogen and oxygen atoms in total. The van der Waals surface area contributed by atoms with Gasteiger partial charge >= 0.3 is 17.9 Å². The fourth-order valence-corrected chi connectivity index (χ4v) is 3.07. The van der Waals surface area contributed by atoms with Crippen molar-refractivity contribution in [2.75, 3.05) is 13.2 Å². The Morgan fingerprint density at radius 2 is 2.07 bits per heavy atom. The molecule has 1 aliphatic heterocycles. The van der Waals surface area contributed by atoms with Crippen LogP contribution in [0.3, 0.4) is 0 Å². The van der Waals surface area contributed by atoms with Crippen molar-refractivity contribution >= 4 is 40.7 Å². The average Bonchev–Trinajstić information content (AvgIpc) is 3.25. The molecule has 2 aromatic heterocycles. The van der Waals surface area contributed by atoms with Gasteiger partial charge in [0.2, 0.25) is 5.82 Å². The number of fused-ring (bicyclic) bond motifs is 1. The predicted molar refractivity (Wildman–Crippen MR) is 96.7 cm³/mol. The molecule has 0 spiro atoms. The fourth-order valence-electron chi connectivity index (χ4n) is 2.86. The van der Waals surface area contributed by atoms with Crippen molar-refractivity contribution in [3.8, 4) is 6.07 Å². The van der Waals surface area contributed by atoms with Crippen LogP contribution in [0, 0.1) is 11.3 Å². The van der Waals surface area contributed by atoms with E-state index in [1.807, 2.05) is 0 Å². The van der Waals surface area contributed by atoms with Crippen molar-refractivity contribution in [2.24, 2.45) is 0 Å². The second kappa shape index (κ2) is 9.02. The highest BCUT2D eigenvalue weighted by atomic mass is 35.5. The van der Waals surface area contributed by atoms with Crippen LogP contribution in [0.15, 0.2) is 6.33 Å². The minimum atomic E-state index is -1.02. The lowest BCUT2D eigenvalue weighted by atomic mass is 10.2. The molecule has 0 unspecified atom stereocenters. The standard InChI is InChI=1S/C17H16ClN5O7/c1-8(24)27-4-3-12(26)30-10-6-28-17(14(10)29-9(2)25)23-7-20-13-15(18)21-11(5-19)22-16(13)23/h7,10,14,17H,3-4,6H2,1-2H3/t10-,14-,17-/m1/s1. The van der Waals surface area contributed by atoms with Gasteiger partial charge in [0.05, 0.1) is 19.4 Å². The van der Waals surface area contributed by atoms with Gasteiger partial charge in [0.25, 0.3) is 0 Å². The molecule has 2 aromatic rings. The van der Waals surface area contributed by atoms with Crippen LogP contribution in [0.1, 0.15) is 32.3 Å². The molecule has 30 heavy (non-hydrogen) atoms. The minimum Gasteiger partial charge on any atom is -0.465 e. The molecule has 13 heteroatoms. The van der Waals surface area contributed by atoms with Gasteiger partial charge in [0.15, 0.2) is 29.2 Å². The van der Waals surface area contributed by atoms with E-state index in [-0.39, 0.29) is 41.8 Å². The molecule has 158 valence electrons. The summed E-state index contributed by atoms with van der Waals surface area (Å²) < 4.78 is 22.5. The Labute approximate surface area is 174 Å². The number of carbonyl (C=O) groups is 3. The number of esters is 3. The molecule has 1 fully saturated rings. The summed E-state index contributed by atoms with van der Waals surface area (Å²) in [6.45, 7) is 2.21. The Hall–Kier alpha value is -3.30. The van der Waals surface area contributed by atoms with Gasteiger partial charge in [-0.3, -0.25) is 19.0 Å². The lowest BCUT2D eigenvalue weighted by molar-refractivity contribution is -0.167. The molecule has 0 aromatic carbocycles. The topological polar surface area (TPSA) is 156 Å².